The Kier molecular flexibility index (Phi) is 5.51. The van der Waals surface area contributed by atoms with Gasteiger partial charge in [0, 0.05) is 29.9 Å². The predicted octanol–water partition coefficient (Wildman–Crippen LogP) is 4.32. The van der Waals surface area contributed by atoms with E-state index < -0.39 is 0 Å². The molecule has 0 radical (unpaired) electrons. The van der Waals surface area contributed by atoms with Crippen molar-refractivity contribution in [2.24, 2.45) is 0 Å². The number of aryl methyl sites for hydroxylation is 1. The molecule has 1 aromatic carbocycles. The minimum Gasteiger partial charge on any atom is -0.383 e. The van der Waals surface area contributed by atoms with Crippen molar-refractivity contribution in [2.45, 2.75) is 26.4 Å². The Morgan fingerprint density at radius 1 is 1.38 bits per heavy atom. The molecule has 0 aliphatic heterocycles. The first kappa shape index (κ1) is 16.1. The Morgan fingerprint density at radius 3 is 2.81 bits per heavy atom. The molecule has 2 rings (SSSR count). The van der Waals surface area contributed by atoms with Gasteiger partial charge in [0.2, 0.25) is 5.95 Å². The van der Waals surface area contributed by atoms with Gasteiger partial charge in [-0.3, -0.25) is 0 Å². The molecule has 1 heterocycles. The number of benzene rings is 1. The molecule has 0 saturated heterocycles. The van der Waals surface area contributed by atoms with E-state index in [1.165, 1.54) is 0 Å². The number of ether oxygens (including phenoxy) is 1. The molecule has 1 unspecified atom stereocenters. The third kappa shape index (κ3) is 4.13. The van der Waals surface area contributed by atoms with Gasteiger partial charge in [-0.2, -0.15) is 0 Å². The fraction of sp³-hybridized carbons (Fsp3) is 0.400. The summed E-state index contributed by atoms with van der Waals surface area (Å²) in [5.41, 5.74) is 1.95. The molecular weight excluding hydrogens is 309 g/mol. The molecule has 0 amide bonds. The van der Waals surface area contributed by atoms with Crippen LogP contribution in [0.4, 0.5) is 5.95 Å². The van der Waals surface area contributed by atoms with Crippen LogP contribution in [0.5, 0.6) is 0 Å². The molecule has 21 heavy (non-hydrogen) atoms. The highest BCUT2D eigenvalue weighted by atomic mass is 35.5. The quantitative estimate of drug-likeness (QED) is 0.858. The van der Waals surface area contributed by atoms with Crippen LogP contribution in [0, 0.1) is 6.92 Å². The molecule has 4 nitrogen and oxygen atoms in total. The number of nitrogens with zero attached hydrogens (tertiary/aromatic N) is 2. The molecule has 0 saturated carbocycles. The van der Waals surface area contributed by atoms with Gasteiger partial charge in [-0.25, -0.2) is 4.98 Å². The van der Waals surface area contributed by atoms with Gasteiger partial charge >= 0.3 is 0 Å². The molecule has 0 aliphatic carbocycles. The van der Waals surface area contributed by atoms with Crippen molar-refractivity contribution in [3.8, 4) is 0 Å². The first-order valence-corrected chi connectivity index (χ1v) is 7.51. The van der Waals surface area contributed by atoms with E-state index in [1.54, 1.807) is 13.2 Å². The number of aromatic nitrogens is 2. The van der Waals surface area contributed by atoms with Crippen molar-refractivity contribution < 1.29 is 4.74 Å². The summed E-state index contributed by atoms with van der Waals surface area (Å²) >= 11 is 12.2. The van der Waals surface area contributed by atoms with E-state index >= 15 is 0 Å². The number of halogens is 2. The summed E-state index contributed by atoms with van der Waals surface area (Å²) in [5, 5.41) is 4.67. The third-order valence-electron chi connectivity index (χ3n) is 3.21. The number of anilines is 1. The smallest absolute Gasteiger partial charge is 0.203 e. The molecule has 1 atom stereocenters. The van der Waals surface area contributed by atoms with Crippen LogP contribution in [0.25, 0.3) is 0 Å². The van der Waals surface area contributed by atoms with E-state index in [9.17, 15) is 0 Å². The van der Waals surface area contributed by atoms with Crippen molar-refractivity contribution >= 4 is 29.2 Å². The van der Waals surface area contributed by atoms with Gasteiger partial charge in [-0.05, 0) is 31.5 Å². The summed E-state index contributed by atoms with van der Waals surface area (Å²) in [7, 11) is 1.69. The number of rotatable bonds is 6. The Labute approximate surface area is 135 Å². The highest BCUT2D eigenvalue weighted by Gasteiger charge is 2.13. The molecule has 6 heteroatoms. The van der Waals surface area contributed by atoms with E-state index in [1.807, 2.05) is 36.7 Å². The van der Waals surface area contributed by atoms with Gasteiger partial charge < -0.3 is 14.6 Å². The fourth-order valence-corrected chi connectivity index (χ4v) is 2.72. The maximum absolute atomic E-state index is 6.25. The van der Waals surface area contributed by atoms with Crippen molar-refractivity contribution in [3.63, 3.8) is 0 Å². The second-order valence-electron chi connectivity index (χ2n) is 4.92. The standard InChI is InChI=1S/C15H19Cl2N3O/c1-10-9-20(6-7-21-3)15(18-10)19-11(2)13-5-4-12(16)8-14(13)17/h4-5,8-9,11H,6-7H2,1-3H3,(H,18,19). The van der Waals surface area contributed by atoms with Crippen LogP contribution in [0.2, 0.25) is 10.0 Å². The van der Waals surface area contributed by atoms with E-state index in [0.717, 1.165) is 23.8 Å². The van der Waals surface area contributed by atoms with Gasteiger partial charge in [0.15, 0.2) is 0 Å². The lowest BCUT2D eigenvalue weighted by Crippen LogP contribution is -2.13. The maximum Gasteiger partial charge on any atom is 0.203 e. The van der Waals surface area contributed by atoms with E-state index in [2.05, 4.69) is 10.3 Å². The summed E-state index contributed by atoms with van der Waals surface area (Å²) in [6.45, 7) is 5.40. The average Bonchev–Trinajstić information content (AvgIpc) is 2.76. The maximum atomic E-state index is 6.25. The highest BCUT2D eigenvalue weighted by Crippen LogP contribution is 2.28. The van der Waals surface area contributed by atoms with Crippen LogP contribution in [0.3, 0.4) is 0 Å². The number of methoxy groups -OCH3 is 1. The zero-order chi connectivity index (χ0) is 15.4. The molecule has 2 aromatic rings. The highest BCUT2D eigenvalue weighted by molar-refractivity contribution is 6.35. The summed E-state index contributed by atoms with van der Waals surface area (Å²) in [4.78, 5) is 4.50. The van der Waals surface area contributed by atoms with Crippen molar-refractivity contribution in [3.05, 3.63) is 45.7 Å². The molecule has 0 fully saturated rings. The first-order chi connectivity index (χ1) is 10.0. The second-order valence-corrected chi connectivity index (χ2v) is 5.77. The van der Waals surface area contributed by atoms with Crippen molar-refractivity contribution in [1.29, 1.82) is 0 Å². The lowest BCUT2D eigenvalue weighted by molar-refractivity contribution is 0.187. The van der Waals surface area contributed by atoms with Gasteiger partial charge in [-0.15, -0.1) is 0 Å². The van der Waals surface area contributed by atoms with Crippen molar-refractivity contribution in [1.82, 2.24) is 9.55 Å². The van der Waals surface area contributed by atoms with Crippen molar-refractivity contribution in [2.75, 3.05) is 19.0 Å². The predicted molar refractivity (Wildman–Crippen MR) is 87.3 cm³/mol. The Bertz CT molecular complexity index is 613. The summed E-state index contributed by atoms with van der Waals surface area (Å²) in [6, 6.07) is 5.54. The van der Waals surface area contributed by atoms with E-state index in [4.69, 9.17) is 27.9 Å². The fourth-order valence-electron chi connectivity index (χ4n) is 2.15. The average molecular weight is 328 g/mol. The molecule has 0 aliphatic rings. The Balaban J connectivity index is 2.17. The number of imidazole rings is 1. The second kappa shape index (κ2) is 7.16. The molecule has 1 aromatic heterocycles. The Morgan fingerprint density at radius 2 is 2.14 bits per heavy atom. The Hall–Kier alpha value is -1.23. The topological polar surface area (TPSA) is 39.1 Å². The molecule has 0 bridgehead atoms. The molecular formula is C15H19Cl2N3O. The zero-order valence-electron chi connectivity index (χ0n) is 12.4. The molecule has 1 N–H and O–H groups in total. The van der Waals surface area contributed by atoms with Crippen LogP contribution in [-0.2, 0) is 11.3 Å². The SMILES string of the molecule is COCCn1cc(C)nc1NC(C)c1ccc(Cl)cc1Cl. The van der Waals surface area contributed by atoms with Crippen LogP contribution in [0.1, 0.15) is 24.2 Å². The van der Waals surface area contributed by atoms with Crippen LogP contribution in [0.15, 0.2) is 24.4 Å². The largest absolute Gasteiger partial charge is 0.383 e. The molecule has 114 valence electrons. The first-order valence-electron chi connectivity index (χ1n) is 6.75. The van der Waals surface area contributed by atoms with Gasteiger partial charge in [-0.1, -0.05) is 29.3 Å². The third-order valence-corrected chi connectivity index (χ3v) is 3.77. The number of hydrogen-bond donors (Lipinski definition) is 1. The minimum absolute atomic E-state index is 0.0258. The zero-order valence-corrected chi connectivity index (χ0v) is 13.9. The van der Waals surface area contributed by atoms with Crippen LogP contribution < -0.4 is 5.32 Å². The monoisotopic (exact) mass is 327 g/mol. The van der Waals surface area contributed by atoms with Crippen LogP contribution in [-0.4, -0.2) is 23.3 Å². The number of hydrogen-bond acceptors (Lipinski definition) is 3. The van der Waals surface area contributed by atoms with Gasteiger partial charge in [0.1, 0.15) is 0 Å². The van der Waals surface area contributed by atoms with E-state index in [0.29, 0.717) is 16.7 Å². The van der Waals surface area contributed by atoms with E-state index in [-0.39, 0.29) is 6.04 Å². The van der Waals surface area contributed by atoms with Crippen LogP contribution >= 0.6 is 23.2 Å². The van der Waals surface area contributed by atoms with Gasteiger partial charge in [0.05, 0.1) is 18.3 Å². The summed E-state index contributed by atoms with van der Waals surface area (Å²) in [6.07, 6.45) is 2.00. The summed E-state index contributed by atoms with van der Waals surface area (Å²) < 4.78 is 7.16. The summed E-state index contributed by atoms with van der Waals surface area (Å²) in [5.74, 6) is 0.808. The number of nitrogens with one attached hydrogen (secondary N) is 1. The van der Waals surface area contributed by atoms with Gasteiger partial charge in [0.25, 0.3) is 0 Å². The molecule has 0 spiro atoms. The lowest BCUT2D eigenvalue weighted by atomic mass is 10.1. The lowest BCUT2D eigenvalue weighted by Gasteiger charge is -2.17. The minimum atomic E-state index is 0.0258. The normalized spacial score (nSPS) is 12.4.